The van der Waals surface area contributed by atoms with Gasteiger partial charge in [0.2, 0.25) is 5.91 Å². The molecule has 1 N–H and O–H groups in total. The normalized spacial score (nSPS) is 12.4. The summed E-state index contributed by atoms with van der Waals surface area (Å²) in [5.41, 5.74) is 0. The van der Waals surface area contributed by atoms with Crippen molar-refractivity contribution in [1.29, 1.82) is 0 Å². The molecule has 0 rings (SSSR count). The number of carbonyl (C=O) groups excluding carboxylic acids is 1. The Bertz CT molecular complexity index is 203. The van der Waals surface area contributed by atoms with Crippen LogP contribution in [-0.2, 0) is 4.79 Å². The average molecular weight is 269 g/mol. The molecule has 0 spiro atoms. The van der Waals surface area contributed by atoms with Crippen molar-refractivity contribution >= 4 is 5.91 Å². The second-order valence-electron chi connectivity index (χ2n) is 5.78. The summed E-state index contributed by atoms with van der Waals surface area (Å²) in [7, 11) is 0. The lowest BCUT2D eigenvalue weighted by atomic mass is 10.1. The first-order valence-corrected chi connectivity index (χ1v) is 8.50. The molecule has 0 radical (unpaired) electrons. The number of amides is 1. The zero-order chi connectivity index (χ0) is 14.3. The molecule has 1 amide bonds. The Morgan fingerprint density at radius 2 is 1.32 bits per heavy atom. The largest absolute Gasteiger partial charge is 0.356 e. The molecular weight excluding hydrogens is 234 g/mol. The van der Waals surface area contributed by atoms with Gasteiger partial charge in [0.1, 0.15) is 0 Å². The maximum absolute atomic E-state index is 11.5. The fraction of sp³-hybridized carbons (Fsp3) is 0.941. The van der Waals surface area contributed by atoms with Gasteiger partial charge in [0.05, 0.1) is 0 Å². The molecule has 19 heavy (non-hydrogen) atoms. The van der Waals surface area contributed by atoms with Crippen molar-refractivity contribution in [3.63, 3.8) is 0 Å². The summed E-state index contributed by atoms with van der Waals surface area (Å²) in [5.74, 6) is 0.390. The van der Waals surface area contributed by atoms with Crippen molar-refractivity contribution in [2.45, 2.75) is 91.4 Å². The first-order chi connectivity index (χ1) is 9.22. The van der Waals surface area contributed by atoms with E-state index in [2.05, 4.69) is 19.2 Å². The van der Waals surface area contributed by atoms with Gasteiger partial charge in [-0.05, 0) is 12.8 Å². The second kappa shape index (κ2) is 13.9. The Morgan fingerprint density at radius 3 is 1.79 bits per heavy atom. The van der Waals surface area contributed by atoms with Gasteiger partial charge in [0, 0.05) is 12.5 Å². The van der Waals surface area contributed by atoms with E-state index in [0.29, 0.717) is 0 Å². The highest BCUT2D eigenvalue weighted by atomic mass is 16.1. The van der Waals surface area contributed by atoms with E-state index in [4.69, 9.17) is 0 Å². The summed E-state index contributed by atoms with van der Waals surface area (Å²) >= 11 is 0. The zero-order valence-corrected chi connectivity index (χ0v) is 13.5. The van der Waals surface area contributed by atoms with Crippen LogP contribution in [-0.4, -0.2) is 12.5 Å². The van der Waals surface area contributed by atoms with E-state index in [9.17, 15) is 4.79 Å². The lowest BCUT2D eigenvalue weighted by Gasteiger charge is -2.09. The maximum atomic E-state index is 11.5. The average Bonchev–Trinajstić information content (AvgIpc) is 2.43. The molecule has 0 bridgehead atoms. The summed E-state index contributed by atoms with van der Waals surface area (Å²) in [6, 6.07) is 0. The maximum Gasteiger partial charge on any atom is 0.222 e. The van der Waals surface area contributed by atoms with Crippen LogP contribution >= 0.6 is 0 Å². The molecule has 0 aliphatic heterocycles. The van der Waals surface area contributed by atoms with Gasteiger partial charge < -0.3 is 5.32 Å². The van der Waals surface area contributed by atoms with Gasteiger partial charge in [-0.1, -0.05) is 78.6 Å². The smallest absolute Gasteiger partial charge is 0.222 e. The van der Waals surface area contributed by atoms with Gasteiger partial charge in [-0.2, -0.15) is 0 Å². The molecule has 1 atom stereocenters. The van der Waals surface area contributed by atoms with Crippen molar-refractivity contribution in [3.8, 4) is 0 Å². The molecule has 0 aromatic heterocycles. The predicted molar refractivity (Wildman–Crippen MR) is 84.3 cm³/mol. The van der Waals surface area contributed by atoms with Gasteiger partial charge in [0.15, 0.2) is 0 Å². The van der Waals surface area contributed by atoms with Crippen LogP contribution in [0.15, 0.2) is 0 Å². The van der Waals surface area contributed by atoms with E-state index in [0.717, 1.165) is 19.4 Å². The van der Waals surface area contributed by atoms with Crippen LogP contribution in [0, 0.1) is 5.92 Å². The van der Waals surface area contributed by atoms with E-state index >= 15 is 0 Å². The second-order valence-corrected chi connectivity index (χ2v) is 5.78. The molecule has 0 saturated heterocycles. The molecule has 0 aromatic carbocycles. The Labute approximate surface area is 120 Å². The standard InChI is InChI=1S/C17H35NO/c1-4-6-7-8-9-10-11-12-13-14-15-18-17(19)16(3)5-2/h16H,4-15H2,1-3H3,(H,18,19). The van der Waals surface area contributed by atoms with Crippen molar-refractivity contribution in [3.05, 3.63) is 0 Å². The molecule has 0 saturated carbocycles. The predicted octanol–water partition coefficient (Wildman–Crippen LogP) is 5.07. The first kappa shape index (κ1) is 18.5. The molecular formula is C17H35NO. The fourth-order valence-electron chi connectivity index (χ4n) is 2.18. The summed E-state index contributed by atoms with van der Waals surface area (Å²) in [4.78, 5) is 11.5. The summed E-state index contributed by atoms with van der Waals surface area (Å²) in [5, 5.41) is 3.02. The number of carbonyl (C=O) groups is 1. The minimum Gasteiger partial charge on any atom is -0.356 e. The minimum absolute atomic E-state index is 0.170. The lowest BCUT2D eigenvalue weighted by Crippen LogP contribution is -2.29. The monoisotopic (exact) mass is 269 g/mol. The van der Waals surface area contributed by atoms with E-state index < -0.39 is 0 Å². The molecule has 0 aliphatic rings. The van der Waals surface area contributed by atoms with Crippen LogP contribution in [0.25, 0.3) is 0 Å². The van der Waals surface area contributed by atoms with E-state index in [-0.39, 0.29) is 11.8 Å². The third-order valence-corrected chi connectivity index (χ3v) is 3.89. The molecule has 2 heteroatoms. The topological polar surface area (TPSA) is 29.1 Å². The molecule has 0 aromatic rings. The number of hydrogen-bond acceptors (Lipinski definition) is 1. The summed E-state index contributed by atoms with van der Waals surface area (Å²) in [6.45, 7) is 7.18. The van der Waals surface area contributed by atoms with E-state index in [1.807, 2.05) is 6.92 Å². The van der Waals surface area contributed by atoms with Crippen molar-refractivity contribution < 1.29 is 4.79 Å². The van der Waals surface area contributed by atoms with Crippen LogP contribution in [0.5, 0.6) is 0 Å². The van der Waals surface area contributed by atoms with Gasteiger partial charge >= 0.3 is 0 Å². The van der Waals surface area contributed by atoms with Crippen molar-refractivity contribution in [2.24, 2.45) is 5.92 Å². The van der Waals surface area contributed by atoms with Crippen LogP contribution in [0.1, 0.15) is 91.4 Å². The molecule has 2 nitrogen and oxygen atoms in total. The van der Waals surface area contributed by atoms with Crippen LogP contribution in [0.2, 0.25) is 0 Å². The Hall–Kier alpha value is -0.530. The molecule has 0 fully saturated rings. The third kappa shape index (κ3) is 12.3. The van der Waals surface area contributed by atoms with Gasteiger partial charge in [-0.3, -0.25) is 4.79 Å². The fourth-order valence-corrected chi connectivity index (χ4v) is 2.18. The number of unbranched alkanes of at least 4 members (excludes halogenated alkanes) is 9. The highest BCUT2D eigenvalue weighted by Crippen LogP contribution is 2.10. The van der Waals surface area contributed by atoms with E-state index in [1.54, 1.807) is 0 Å². The summed E-state index contributed by atoms with van der Waals surface area (Å²) in [6.07, 6.45) is 14.4. The highest BCUT2D eigenvalue weighted by molar-refractivity contribution is 5.78. The summed E-state index contributed by atoms with van der Waals surface area (Å²) < 4.78 is 0. The van der Waals surface area contributed by atoms with Crippen LogP contribution in [0.4, 0.5) is 0 Å². The number of nitrogens with one attached hydrogen (secondary N) is 1. The zero-order valence-electron chi connectivity index (χ0n) is 13.5. The molecule has 114 valence electrons. The minimum atomic E-state index is 0.170. The van der Waals surface area contributed by atoms with Gasteiger partial charge in [0.25, 0.3) is 0 Å². The highest BCUT2D eigenvalue weighted by Gasteiger charge is 2.08. The quantitative estimate of drug-likeness (QED) is 0.465. The molecule has 0 heterocycles. The van der Waals surface area contributed by atoms with Crippen LogP contribution < -0.4 is 5.32 Å². The van der Waals surface area contributed by atoms with Crippen LogP contribution in [0.3, 0.4) is 0 Å². The molecule has 0 aliphatic carbocycles. The van der Waals surface area contributed by atoms with Crippen molar-refractivity contribution in [1.82, 2.24) is 5.32 Å². The van der Waals surface area contributed by atoms with E-state index in [1.165, 1.54) is 57.8 Å². The van der Waals surface area contributed by atoms with Gasteiger partial charge in [-0.15, -0.1) is 0 Å². The first-order valence-electron chi connectivity index (χ1n) is 8.50. The Balaban J connectivity index is 3.13. The third-order valence-electron chi connectivity index (χ3n) is 3.89. The Kier molecular flexibility index (Phi) is 13.5. The molecule has 1 unspecified atom stereocenters. The number of hydrogen-bond donors (Lipinski definition) is 1. The van der Waals surface area contributed by atoms with Crippen molar-refractivity contribution in [2.75, 3.05) is 6.54 Å². The Morgan fingerprint density at radius 1 is 0.842 bits per heavy atom. The number of rotatable bonds is 13. The van der Waals surface area contributed by atoms with Gasteiger partial charge in [-0.25, -0.2) is 0 Å². The lowest BCUT2D eigenvalue weighted by molar-refractivity contribution is -0.124. The SMILES string of the molecule is CCCCCCCCCCCCNC(=O)C(C)CC.